The third kappa shape index (κ3) is 4.26. The summed E-state index contributed by atoms with van der Waals surface area (Å²) in [6, 6.07) is 23.0. The van der Waals surface area contributed by atoms with Crippen LogP contribution in [0.25, 0.3) is 11.0 Å². The van der Waals surface area contributed by atoms with E-state index in [0.717, 1.165) is 22.5 Å². The first kappa shape index (κ1) is 21.3. The molecule has 4 aromatic rings. The van der Waals surface area contributed by atoms with Gasteiger partial charge in [0.2, 0.25) is 5.91 Å². The third-order valence-corrected chi connectivity index (χ3v) is 6.21. The zero-order valence-corrected chi connectivity index (χ0v) is 19.0. The largest absolute Gasteiger partial charge is 0.493 e. The minimum absolute atomic E-state index is 0.00756. The summed E-state index contributed by atoms with van der Waals surface area (Å²) in [7, 11) is 1.63. The van der Waals surface area contributed by atoms with Crippen molar-refractivity contribution in [2.45, 2.75) is 18.9 Å². The number of methoxy groups -OCH3 is 1. The molecule has 6 nitrogen and oxygen atoms in total. The summed E-state index contributed by atoms with van der Waals surface area (Å²) in [6.45, 7) is 1.64. The normalized spacial score (nSPS) is 15.9. The first-order valence-corrected chi connectivity index (χ1v) is 11.3. The molecule has 33 heavy (non-hydrogen) atoms. The molecule has 168 valence electrons. The first-order valence-electron chi connectivity index (χ1n) is 10.9. The second-order valence-corrected chi connectivity index (χ2v) is 8.43. The number of ether oxygens (including phenoxy) is 2. The van der Waals surface area contributed by atoms with Crippen molar-refractivity contribution in [2.24, 2.45) is 0 Å². The second-order valence-electron chi connectivity index (χ2n) is 7.99. The van der Waals surface area contributed by atoms with Crippen molar-refractivity contribution < 1.29 is 14.3 Å². The third-order valence-electron chi connectivity index (χ3n) is 5.95. The van der Waals surface area contributed by atoms with Crippen molar-refractivity contribution in [2.75, 3.05) is 25.2 Å². The zero-order chi connectivity index (χ0) is 22.8. The summed E-state index contributed by atoms with van der Waals surface area (Å²) in [6.07, 6.45) is 0.416. The van der Waals surface area contributed by atoms with Crippen LogP contribution in [-0.2, 0) is 11.3 Å². The monoisotopic (exact) mass is 461 g/mol. The Bertz CT molecular complexity index is 1290. The maximum atomic E-state index is 12.9. The van der Waals surface area contributed by atoms with Gasteiger partial charge in [-0.2, -0.15) is 0 Å². The Morgan fingerprint density at radius 2 is 1.73 bits per heavy atom. The van der Waals surface area contributed by atoms with E-state index in [1.165, 1.54) is 0 Å². The second kappa shape index (κ2) is 9.16. The number of para-hydroxylation sites is 4. The Labute approximate surface area is 197 Å². The molecule has 0 aliphatic carbocycles. The van der Waals surface area contributed by atoms with E-state index >= 15 is 0 Å². The number of hydrogen-bond donors (Lipinski definition) is 0. The topological polar surface area (TPSA) is 56.6 Å². The molecule has 2 heterocycles. The van der Waals surface area contributed by atoms with Crippen molar-refractivity contribution in [1.29, 1.82) is 0 Å². The van der Waals surface area contributed by atoms with Crippen LogP contribution in [0.15, 0.2) is 72.8 Å². The van der Waals surface area contributed by atoms with Crippen molar-refractivity contribution in [3.63, 3.8) is 0 Å². The molecule has 1 saturated heterocycles. The Kier molecular flexibility index (Phi) is 5.92. The number of anilines is 1. The maximum absolute atomic E-state index is 12.9. The van der Waals surface area contributed by atoms with Gasteiger partial charge in [-0.15, -0.1) is 0 Å². The average Bonchev–Trinajstić information content (AvgIpc) is 3.40. The summed E-state index contributed by atoms with van der Waals surface area (Å²) in [5, 5.41) is 0.652. The number of aromatic nitrogens is 2. The standard InChI is InChI=1S/C26H24ClN3O3/c1-32-23-8-4-5-9-24(23)33-15-14-29-22-7-3-2-6-21(22)28-26(29)18-16-25(31)30(17-18)20-12-10-19(27)11-13-20/h2-13,18H,14-17H2,1H3/t18-/m0/s1. The van der Waals surface area contributed by atoms with E-state index in [4.69, 9.17) is 26.1 Å². The molecule has 1 amide bonds. The number of carbonyl (C=O) groups is 1. The molecule has 1 aliphatic rings. The number of amides is 1. The molecule has 0 unspecified atom stereocenters. The van der Waals surface area contributed by atoms with Crippen LogP contribution in [0.3, 0.4) is 0 Å². The number of carbonyl (C=O) groups excluding carboxylic acids is 1. The number of benzene rings is 3. The van der Waals surface area contributed by atoms with Crippen LogP contribution in [0.5, 0.6) is 11.5 Å². The number of rotatable bonds is 7. The van der Waals surface area contributed by atoms with E-state index in [2.05, 4.69) is 10.6 Å². The molecular formula is C26H24ClN3O3. The van der Waals surface area contributed by atoms with Gasteiger partial charge >= 0.3 is 0 Å². The number of halogens is 1. The van der Waals surface area contributed by atoms with Crippen LogP contribution < -0.4 is 14.4 Å². The van der Waals surface area contributed by atoms with Crippen molar-refractivity contribution >= 4 is 34.2 Å². The molecule has 1 fully saturated rings. The number of fused-ring (bicyclic) bond motifs is 1. The number of hydrogen-bond acceptors (Lipinski definition) is 4. The predicted molar refractivity (Wildman–Crippen MR) is 129 cm³/mol. The molecule has 0 saturated carbocycles. The van der Waals surface area contributed by atoms with Gasteiger partial charge in [-0.1, -0.05) is 35.9 Å². The maximum Gasteiger partial charge on any atom is 0.227 e. The van der Waals surface area contributed by atoms with Crippen molar-refractivity contribution in [3.05, 3.63) is 83.6 Å². The van der Waals surface area contributed by atoms with Crippen LogP contribution in [0.2, 0.25) is 5.02 Å². The molecular weight excluding hydrogens is 438 g/mol. The minimum Gasteiger partial charge on any atom is -0.493 e. The van der Waals surface area contributed by atoms with E-state index in [1.54, 1.807) is 7.11 Å². The SMILES string of the molecule is COc1ccccc1OCCn1c([C@H]2CC(=O)N(c3ccc(Cl)cc3)C2)nc2ccccc21. The lowest BCUT2D eigenvalue weighted by Gasteiger charge is -2.18. The van der Waals surface area contributed by atoms with Gasteiger partial charge in [0.1, 0.15) is 12.4 Å². The van der Waals surface area contributed by atoms with Crippen LogP contribution in [0.1, 0.15) is 18.2 Å². The van der Waals surface area contributed by atoms with Gasteiger partial charge in [-0.05, 0) is 48.5 Å². The van der Waals surface area contributed by atoms with Gasteiger partial charge in [0.25, 0.3) is 0 Å². The van der Waals surface area contributed by atoms with Crippen molar-refractivity contribution in [3.8, 4) is 11.5 Å². The Morgan fingerprint density at radius 1 is 1.00 bits per heavy atom. The molecule has 5 rings (SSSR count). The van der Waals surface area contributed by atoms with Crippen LogP contribution in [0.4, 0.5) is 5.69 Å². The van der Waals surface area contributed by atoms with Gasteiger partial charge in [0, 0.05) is 29.6 Å². The lowest BCUT2D eigenvalue weighted by Crippen LogP contribution is -2.24. The smallest absolute Gasteiger partial charge is 0.227 e. The van der Waals surface area contributed by atoms with Gasteiger partial charge in [-0.3, -0.25) is 4.79 Å². The molecule has 0 bridgehead atoms. The van der Waals surface area contributed by atoms with E-state index in [0.29, 0.717) is 42.6 Å². The van der Waals surface area contributed by atoms with Gasteiger partial charge < -0.3 is 18.9 Å². The molecule has 0 N–H and O–H groups in total. The van der Waals surface area contributed by atoms with Gasteiger partial charge in [-0.25, -0.2) is 4.98 Å². The van der Waals surface area contributed by atoms with E-state index in [9.17, 15) is 4.79 Å². The summed E-state index contributed by atoms with van der Waals surface area (Å²) in [4.78, 5) is 19.6. The summed E-state index contributed by atoms with van der Waals surface area (Å²) in [5.41, 5.74) is 2.81. The molecule has 1 atom stereocenters. The van der Waals surface area contributed by atoms with Crippen LogP contribution in [-0.4, -0.2) is 35.7 Å². The predicted octanol–water partition coefficient (Wildman–Crippen LogP) is 5.30. The summed E-state index contributed by atoms with van der Waals surface area (Å²) >= 11 is 6.02. The van der Waals surface area contributed by atoms with Crippen molar-refractivity contribution in [1.82, 2.24) is 9.55 Å². The minimum atomic E-state index is -0.00756. The summed E-state index contributed by atoms with van der Waals surface area (Å²) in [5.74, 6) is 2.40. The van der Waals surface area contributed by atoms with Crippen LogP contribution in [0, 0.1) is 0 Å². The molecule has 0 spiro atoms. The van der Waals surface area contributed by atoms with E-state index in [-0.39, 0.29) is 11.8 Å². The van der Waals surface area contributed by atoms with Crippen LogP contribution >= 0.6 is 11.6 Å². The molecule has 3 aromatic carbocycles. The molecule has 1 aromatic heterocycles. The number of nitrogens with zero attached hydrogens (tertiary/aromatic N) is 3. The fraction of sp³-hybridized carbons (Fsp3) is 0.231. The molecule has 1 aliphatic heterocycles. The van der Waals surface area contributed by atoms with E-state index in [1.807, 2.05) is 71.6 Å². The zero-order valence-electron chi connectivity index (χ0n) is 18.3. The first-order chi connectivity index (χ1) is 16.1. The highest BCUT2D eigenvalue weighted by atomic mass is 35.5. The highest BCUT2D eigenvalue weighted by molar-refractivity contribution is 6.30. The fourth-order valence-electron chi connectivity index (χ4n) is 4.38. The molecule has 7 heteroatoms. The highest BCUT2D eigenvalue weighted by Crippen LogP contribution is 2.34. The van der Waals surface area contributed by atoms with E-state index < -0.39 is 0 Å². The molecule has 0 radical (unpaired) electrons. The lowest BCUT2D eigenvalue weighted by molar-refractivity contribution is -0.117. The Morgan fingerprint density at radius 3 is 2.52 bits per heavy atom. The highest BCUT2D eigenvalue weighted by Gasteiger charge is 2.34. The van der Waals surface area contributed by atoms with Gasteiger partial charge in [0.15, 0.2) is 11.5 Å². The Hall–Kier alpha value is -3.51. The fourth-order valence-corrected chi connectivity index (χ4v) is 4.50. The lowest BCUT2D eigenvalue weighted by atomic mass is 10.1. The Balaban J connectivity index is 1.40. The summed E-state index contributed by atoms with van der Waals surface area (Å²) < 4.78 is 13.6. The quantitative estimate of drug-likeness (QED) is 0.375. The number of imidazole rings is 1. The van der Waals surface area contributed by atoms with Gasteiger partial charge in [0.05, 0.1) is 24.7 Å². The average molecular weight is 462 g/mol.